The molecule has 1 aliphatic rings. The Hall–Kier alpha value is -0.380. The van der Waals surface area contributed by atoms with Gasteiger partial charge in [0.2, 0.25) is 0 Å². The Kier molecular flexibility index (Phi) is 4.10. The number of aliphatic hydroxyl groups is 1. The van der Waals surface area contributed by atoms with Crippen LogP contribution in [-0.4, -0.2) is 17.3 Å². The van der Waals surface area contributed by atoms with E-state index in [1.807, 2.05) is 0 Å². The Bertz CT molecular complexity index is 432. The molecule has 19 heavy (non-hydrogen) atoms. The van der Waals surface area contributed by atoms with Gasteiger partial charge in [-0.15, -0.1) is 11.3 Å². The SMILES string of the molecule is CC1OC(C)C(C(O)c2ccc(C(C)(C)C)s2)C1C. The van der Waals surface area contributed by atoms with E-state index in [2.05, 4.69) is 53.7 Å². The first-order valence-corrected chi connectivity index (χ1v) is 7.97. The van der Waals surface area contributed by atoms with Crippen molar-refractivity contribution in [2.45, 2.75) is 65.3 Å². The lowest BCUT2D eigenvalue weighted by molar-refractivity contribution is 0.0242. The van der Waals surface area contributed by atoms with E-state index in [1.165, 1.54) is 4.88 Å². The minimum atomic E-state index is -0.406. The number of aliphatic hydroxyl groups excluding tert-OH is 1. The van der Waals surface area contributed by atoms with Crippen molar-refractivity contribution in [2.75, 3.05) is 0 Å². The second-order valence-corrected chi connectivity index (χ2v) is 7.99. The molecule has 0 aromatic carbocycles. The standard InChI is InChI=1S/C16H26O2S/c1-9-10(2)18-11(3)14(9)15(17)12-7-8-13(19-12)16(4,5)6/h7-11,14-15,17H,1-6H3. The third-order valence-electron chi connectivity index (χ3n) is 4.34. The fourth-order valence-corrected chi connectivity index (χ4v) is 4.05. The van der Waals surface area contributed by atoms with E-state index in [0.29, 0.717) is 5.92 Å². The summed E-state index contributed by atoms with van der Waals surface area (Å²) in [5.41, 5.74) is 0.152. The molecule has 0 amide bonds. The molecule has 1 N–H and O–H groups in total. The minimum absolute atomic E-state index is 0.125. The average Bonchev–Trinajstić information content (AvgIpc) is 2.84. The summed E-state index contributed by atoms with van der Waals surface area (Å²) in [6.07, 6.45) is -0.0482. The van der Waals surface area contributed by atoms with Crippen LogP contribution in [0.25, 0.3) is 0 Å². The Balaban J connectivity index is 2.20. The maximum Gasteiger partial charge on any atom is 0.0938 e. The van der Waals surface area contributed by atoms with Crippen molar-refractivity contribution >= 4 is 11.3 Å². The normalized spacial score (nSPS) is 33.6. The van der Waals surface area contributed by atoms with Crippen LogP contribution in [0.1, 0.15) is 57.4 Å². The molecule has 1 saturated heterocycles. The number of ether oxygens (including phenoxy) is 1. The summed E-state index contributed by atoms with van der Waals surface area (Å²) in [7, 11) is 0. The van der Waals surface area contributed by atoms with E-state index in [4.69, 9.17) is 4.74 Å². The molecule has 5 atom stereocenters. The summed E-state index contributed by atoms with van der Waals surface area (Å²) in [6, 6.07) is 4.23. The Morgan fingerprint density at radius 1 is 1.16 bits per heavy atom. The van der Waals surface area contributed by atoms with E-state index in [-0.39, 0.29) is 23.5 Å². The summed E-state index contributed by atoms with van der Waals surface area (Å²) in [5.74, 6) is 0.589. The van der Waals surface area contributed by atoms with Gasteiger partial charge in [0.05, 0.1) is 18.3 Å². The summed E-state index contributed by atoms with van der Waals surface area (Å²) in [4.78, 5) is 2.40. The van der Waals surface area contributed by atoms with Gasteiger partial charge in [0.25, 0.3) is 0 Å². The minimum Gasteiger partial charge on any atom is -0.387 e. The average molecular weight is 282 g/mol. The smallest absolute Gasteiger partial charge is 0.0938 e. The van der Waals surface area contributed by atoms with Crippen molar-refractivity contribution in [3.63, 3.8) is 0 Å². The van der Waals surface area contributed by atoms with Crippen LogP contribution < -0.4 is 0 Å². The number of hydrogen-bond donors (Lipinski definition) is 1. The molecule has 2 rings (SSSR count). The van der Waals surface area contributed by atoms with Crippen molar-refractivity contribution in [1.82, 2.24) is 0 Å². The summed E-state index contributed by atoms with van der Waals surface area (Å²) >= 11 is 1.73. The molecule has 0 bridgehead atoms. The highest BCUT2D eigenvalue weighted by Gasteiger charge is 2.42. The maximum absolute atomic E-state index is 10.7. The second-order valence-electron chi connectivity index (χ2n) is 6.88. The first-order valence-electron chi connectivity index (χ1n) is 7.15. The van der Waals surface area contributed by atoms with Gasteiger partial charge in [-0.3, -0.25) is 0 Å². The van der Waals surface area contributed by atoms with Crippen LogP contribution in [0.3, 0.4) is 0 Å². The third kappa shape index (κ3) is 2.88. The van der Waals surface area contributed by atoms with Crippen molar-refractivity contribution in [2.24, 2.45) is 11.8 Å². The van der Waals surface area contributed by atoms with Crippen LogP contribution in [-0.2, 0) is 10.2 Å². The van der Waals surface area contributed by atoms with E-state index >= 15 is 0 Å². The molecule has 0 radical (unpaired) electrons. The molecule has 2 nitrogen and oxygen atoms in total. The first kappa shape index (κ1) is 15.0. The molecule has 0 saturated carbocycles. The lowest BCUT2D eigenvalue weighted by Crippen LogP contribution is -2.24. The lowest BCUT2D eigenvalue weighted by atomic mass is 9.84. The van der Waals surface area contributed by atoms with Gasteiger partial charge in [0, 0.05) is 15.7 Å². The van der Waals surface area contributed by atoms with Crippen LogP contribution in [0.5, 0.6) is 0 Å². The molecule has 0 spiro atoms. The van der Waals surface area contributed by atoms with Gasteiger partial charge in [-0.05, 0) is 37.3 Å². The van der Waals surface area contributed by atoms with Crippen LogP contribution in [0.15, 0.2) is 12.1 Å². The Morgan fingerprint density at radius 2 is 1.79 bits per heavy atom. The largest absolute Gasteiger partial charge is 0.387 e. The van der Waals surface area contributed by atoms with Crippen molar-refractivity contribution < 1.29 is 9.84 Å². The zero-order valence-corrected chi connectivity index (χ0v) is 13.6. The van der Waals surface area contributed by atoms with Crippen molar-refractivity contribution in [3.05, 3.63) is 21.9 Å². The van der Waals surface area contributed by atoms with Gasteiger partial charge in [0.15, 0.2) is 0 Å². The van der Waals surface area contributed by atoms with Crippen molar-refractivity contribution in [3.8, 4) is 0 Å². The summed E-state index contributed by atoms with van der Waals surface area (Å²) < 4.78 is 5.85. The third-order valence-corrected chi connectivity index (χ3v) is 5.92. The topological polar surface area (TPSA) is 29.5 Å². The quantitative estimate of drug-likeness (QED) is 0.883. The number of thiophene rings is 1. The van der Waals surface area contributed by atoms with Gasteiger partial charge >= 0.3 is 0 Å². The van der Waals surface area contributed by atoms with Gasteiger partial charge in [-0.2, -0.15) is 0 Å². The lowest BCUT2D eigenvalue weighted by Gasteiger charge is -2.24. The number of rotatable bonds is 2. The highest BCUT2D eigenvalue weighted by molar-refractivity contribution is 7.12. The van der Waals surface area contributed by atoms with Crippen LogP contribution in [0, 0.1) is 11.8 Å². The van der Waals surface area contributed by atoms with Gasteiger partial charge in [0.1, 0.15) is 0 Å². The Labute approximate surface area is 120 Å². The Morgan fingerprint density at radius 3 is 2.21 bits per heavy atom. The highest BCUT2D eigenvalue weighted by atomic mass is 32.1. The summed E-state index contributed by atoms with van der Waals surface area (Å²) in [5, 5.41) is 10.7. The van der Waals surface area contributed by atoms with Crippen LogP contribution in [0.2, 0.25) is 0 Å². The molecule has 0 aliphatic carbocycles. The molecular formula is C16H26O2S. The van der Waals surface area contributed by atoms with E-state index in [0.717, 1.165) is 4.88 Å². The molecule has 2 heterocycles. The molecule has 108 valence electrons. The second kappa shape index (κ2) is 5.19. The van der Waals surface area contributed by atoms with Gasteiger partial charge < -0.3 is 9.84 Å². The molecule has 5 unspecified atom stereocenters. The monoisotopic (exact) mass is 282 g/mol. The van der Waals surface area contributed by atoms with E-state index < -0.39 is 6.10 Å². The van der Waals surface area contributed by atoms with E-state index in [1.54, 1.807) is 11.3 Å². The first-order chi connectivity index (χ1) is 8.71. The van der Waals surface area contributed by atoms with Gasteiger partial charge in [-0.1, -0.05) is 27.7 Å². The fourth-order valence-electron chi connectivity index (χ4n) is 2.94. The number of hydrogen-bond acceptors (Lipinski definition) is 3. The molecule has 1 aromatic heterocycles. The summed E-state index contributed by atoms with van der Waals surface area (Å²) in [6.45, 7) is 13.0. The van der Waals surface area contributed by atoms with Crippen LogP contribution in [0.4, 0.5) is 0 Å². The predicted octanol–water partition coefficient (Wildman–Crippen LogP) is 4.14. The van der Waals surface area contributed by atoms with Crippen molar-refractivity contribution in [1.29, 1.82) is 0 Å². The zero-order valence-electron chi connectivity index (χ0n) is 12.8. The molecular weight excluding hydrogens is 256 g/mol. The van der Waals surface area contributed by atoms with Gasteiger partial charge in [-0.25, -0.2) is 0 Å². The zero-order chi connectivity index (χ0) is 14.4. The molecule has 1 fully saturated rings. The maximum atomic E-state index is 10.7. The molecule has 3 heteroatoms. The highest BCUT2D eigenvalue weighted by Crippen LogP contribution is 2.43. The molecule has 1 aliphatic heterocycles. The van der Waals surface area contributed by atoms with E-state index in [9.17, 15) is 5.11 Å². The van der Waals surface area contributed by atoms with Crippen LogP contribution >= 0.6 is 11.3 Å². The fraction of sp³-hybridized carbons (Fsp3) is 0.750. The predicted molar refractivity (Wildman–Crippen MR) is 80.6 cm³/mol. The molecule has 1 aromatic rings.